The molecule has 0 saturated carbocycles. The molecule has 0 bridgehead atoms. The van der Waals surface area contributed by atoms with Gasteiger partial charge < -0.3 is 10.1 Å². The fourth-order valence-corrected chi connectivity index (χ4v) is 4.10. The van der Waals surface area contributed by atoms with Crippen molar-refractivity contribution in [2.45, 2.75) is 59.2 Å². The summed E-state index contributed by atoms with van der Waals surface area (Å²) in [5.41, 5.74) is 1.77. The molecular formula is C21H31F3N6O2. The van der Waals surface area contributed by atoms with E-state index in [0.717, 1.165) is 24.0 Å². The van der Waals surface area contributed by atoms with Gasteiger partial charge in [-0.3, -0.25) is 9.69 Å². The number of amides is 1. The molecule has 178 valence electrons. The summed E-state index contributed by atoms with van der Waals surface area (Å²) in [7, 11) is 0. The summed E-state index contributed by atoms with van der Waals surface area (Å²) in [6, 6.07) is 0.250. The van der Waals surface area contributed by atoms with E-state index in [0.29, 0.717) is 49.0 Å². The molecule has 1 saturated heterocycles. The van der Waals surface area contributed by atoms with Gasteiger partial charge in [0.1, 0.15) is 0 Å². The summed E-state index contributed by atoms with van der Waals surface area (Å²) >= 11 is 0. The molecule has 3 heterocycles. The summed E-state index contributed by atoms with van der Waals surface area (Å²) in [5, 5.41) is 6.58. The highest BCUT2D eigenvalue weighted by atomic mass is 19.4. The molecule has 2 aromatic rings. The van der Waals surface area contributed by atoms with Crippen molar-refractivity contribution in [3.8, 4) is 0 Å². The van der Waals surface area contributed by atoms with E-state index in [-0.39, 0.29) is 24.1 Å². The number of rotatable bonds is 8. The molecule has 1 fully saturated rings. The summed E-state index contributed by atoms with van der Waals surface area (Å²) in [4.78, 5) is 22.6. The predicted octanol–water partition coefficient (Wildman–Crippen LogP) is 2.56. The van der Waals surface area contributed by atoms with Crippen LogP contribution in [0.3, 0.4) is 0 Å². The van der Waals surface area contributed by atoms with Crippen molar-refractivity contribution in [2.24, 2.45) is 5.92 Å². The van der Waals surface area contributed by atoms with Gasteiger partial charge in [0.25, 0.3) is 11.6 Å². The average molecular weight is 457 g/mol. The number of aromatic nitrogens is 4. The van der Waals surface area contributed by atoms with E-state index in [1.807, 2.05) is 0 Å². The Balaban J connectivity index is 1.63. The number of nitrogens with one attached hydrogen (secondary N) is 1. The van der Waals surface area contributed by atoms with Crippen LogP contribution in [-0.2, 0) is 22.1 Å². The van der Waals surface area contributed by atoms with Crippen LogP contribution in [0, 0.1) is 19.8 Å². The number of hydrogen-bond donors (Lipinski definition) is 1. The summed E-state index contributed by atoms with van der Waals surface area (Å²) in [6.07, 6.45) is -3.08. The van der Waals surface area contributed by atoms with Crippen molar-refractivity contribution in [3.05, 3.63) is 22.8 Å². The van der Waals surface area contributed by atoms with Crippen LogP contribution in [0.25, 0.3) is 5.78 Å². The second kappa shape index (κ2) is 10.1. The molecule has 3 rings (SSSR count). The van der Waals surface area contributed by atoms with Gasteiger partial charge in [-0.2, -0.15) is 18.2 Å². The Kier molecular flexibility index (Phi) is 7.71. The number of morpholine rings is 1. The maximum atomic E-state index is 12.9. The lowest BCUT2D eigenvalue weighted by molar-refractivity contribution is -0.144. The molecule has 32 heavy (non-hydrogen) atoms. The van der Waals surface area contributed by atoms with Gasteiger partial charge in [0.15, 0.2) is 0 Å². The van der Waals surface area contributed by atoms with Gasteiger partial charge >= 0.3 is 6.18 Å². The van der Waals surface area contributed by atoms with Crippen LogP contribution in [0.4, 0.5) is 13.2 Å². The number of carbonyl (C=O) groups is 1. The minimum absolute atomic E-state index is 0.0948. The van der Waals surface area contributed by atoms with E-state index >= 15 is 0 Å². The average Bonchev–Trinajstić information content (AvgIpc) is 3.16. The molecule has 0 radical (unpaired) electrons. The van der Waals surface area contributed by atoms with Crippen molar-refractivity contribution in [2.75, 3.05) is 32.8 Å². The Hall–Kier alpha value is -2.27. The molecule has 0 aliphatic carbocycles. The van der Waals surface area contributed by atoms with Gasteiger partial charge in [-0.1, -0.05) is 13.8 Å². The van der Waals surface area contributed by atoms with Gasteiger partial charge in [-0.25, -0.2) is 9.50 Å². The van der Waals surface area contributed by atoms with Crippen LogP contribution in [0.5, 0.6) is 0 Å². The smallest absolute Gasteiger partial charge is 0.379 e. The maximum Gasteiger partial charge on any atom is 0.453 e. The fraction of sp³-hybridized carbons (Fsp3) is 0.714. The number of alkyl halides is 3. The first kappa shape index (κ1) is 24.4. The minimum atomic E-state index is -4.64. The number of halogens is 3. The van der Waals surface area contributed by atoms with Crippen molar-refractivity contribution in [1.29, 1.82) is 0 Å². The van der Waals surface area contributed by atoms with E-state index in [1.54, 1.807) is 13.8 Å². The van der Waals surface area contributed by atoms with Gasteiger partial charge in [-0.15, -0.1) is 5.10 Å². The fourth-order valence-electron chi connectivity index (χ4n) is 4.10. The second-order valence-corrected chi connectivity index (χ2v) is 8.64. The minimum Gasteiger partial charge on any atom is -0.379 e. The number of nitrogens with zero attached hydrogens (tertiary/aromatic N) is 5. The van der Waals surface area contributed by atoms with Crippen molar-refractivity contribution >= 4 is 11.7 Å². The lowest BCUT2D eigenvalue weighted by Crippen LogP contribution is -2.49. The van der Waals surface area contributed by atoms with Crippen LogP contribution >= 0.6 is 0 Å². The second-order valence-electron chi connectivity index (χ2n) is 8.64. The van der Waals surface area contributed by atoms with Gasteiger partial charge in [0, 0.05) is 43.5 Å². The molecule has 1 N–H and O–H groups in total. The van der Waals surface area contributed by atoms with E-state index in [1.165, 1.54) is 0 Å². The Morgan fingerprint density at radius 2 is 1.88 bits per heavy atom. The molecule has 1 aliphatic rings. The Bertz CT molecular complexity index is 938. The summed E-state index contributed by atoms with van der Waals surface area (Å²) in [6.45, 7) is 11.4. The number of fused-ring (bicyclic) bond motifs is 1. The molecule has 2 aromatic heterocycles. The monoisotopic (exact) mass is 456 g/mol. The molecule has 1 aliphatic heterocycles. The molecule has 8 nitrogen and oxygen atoms in total. The normalized spacial score (nSPS) is 16.6. The highest BCUT2D eigenvalue weighted by molar-refractivity contribution is 5.76. The predicted molar refractivity (Wildman–Crippen MR) is 112 cm³/mol. The highest BCUT2D eigenvalue weighted by Gasteiger charge is 2.37. The van der Waals surface area contributed by atoms with Crippen LogP contribution in [-0.4, -0.2) is 69.3 Å². The topological polar surface area (TPSA) is 84.6 Å². The zero-order chi connectivity index (χ0) is 23.5. The van der Waals surface area contributed by atoms with Crippen LogP contribution in [0.2, 0.25) is 0 Å². The lowest BCUT2D eigenvalue weighted by Gasteiger charge is -2.35. The first-order valence-corrected chi connectivity index (χ1v) is 10.9. The Morgan fingerprint density at radius 1 is 1.19 bits per heavy atom. The maximum absolute atomic E-state index is 12.9. The first-order chi connectivity index (χ1) is 15.1. The third-order valence-corrected chi connectivity index (χ3v) is 5.74. The van der Waals surface area contributed by atoms with Crippen LogP contribution < -0.4 is 5.32 Å². The van der Waals surface area contributed by atoms with Crippen LogP contribution in [0.1, 0.15) is 49.5 Å². The van der Waals surface area contributed by atoms with E-state index in [2.05, 4.69) is 39.1 Å². The molecule has 0 spiro atoms. The van der Waals surface area contributed by atoms with Crippen molar-refractivity contribution < 1.29 is 22.7 Å². The van der Waals surface area contributed by atoms with Gasteiger partial charge in [-0.05, 0) is 38.2 Å². The molecule has 11 heteroatoms. The van der Waals surface area contributed by atoms with Gasteiger partial charge in [0.05, 0.1) is 13.2 Å². The van der Waals surface area contributed by atoms with Crippen molar-refractivity contribution in [3.63, 3.8) is 0 Å². The Labute approximate surface area is 185 Å². The Morgan fingerprint density at radius 3 is 2.50 bits per heavy atom. The van der Waals surface area contributed by atoms with Crippen LogP contribution in [0.15, 0.2) is 0 Å². The highest BCUT2D eigenvalue weighted by Crippen LogP contribution is 2.27. The molecule has 1 atom stereocenters. The number of aryl methyl sites for hydroxylation is 2. The SMILES string of the molecule is Cc1nc2nc(C(F)(F)F)nn2c(C)c1CCC(=O)NCC(CC(C)C)N1CCOCC1. The molecular weight excluding hydrogens is 425 g/mol. The van der Waals surface area contributed by atoms with Gasteiger partial charge in [0.2, 0.25) is 5.91 Å². The molecule has 0 aromatic carbocycles. The van der Waals surface area contributed by atoms with Crippen molar-refractivity contribution in [1.82, 2.24) is 29.8 Å². The summed E-state index contributed by atoms with van der Waals surface area (Å²) in [5.74, 6) is -0.906. The van der Waals surface area contributed by atoms with E-state index < -0.39 is 12.0 Å². The quantitative estimate of drug-likeness (QED) is 0.657. The number of carbonyl (C=O) groups excluding carboxylic acids is 1. The zero-order valence-electron chi connectivity index (χ0n) is 19.0. The lowest BCUT2D eigenvalue weighted by atomic mass is 10.0. The standard InChI is InChI=1S/C21H31F3N6O2/c1-13(2)11-16(29-7-9-32-10-8-29)12-25-18(31)6-5-17-14(3)26-20-27-19(21(22,23)24)28-30(20)15(17)4/h13,16H,5-12H2,1-4H3,(H,25,31). The third kappa shape index (κ3) is 5.94. The largest absolute Gasteiger partial charge is 0.453 e. The third-order valence-electron chi connectivity index (χ3n) is 5.74. The number of hydrogen-bond acceptors (Lipinski definition) is 6. The van der Waals surface area contributed by atoms with E-state index in [9.17, 15) is 18.0 Å². The molecule has 1 unspecified atom stereocenters. The van der Waals surface area contributed by atoms with E-state index in [4.69, 9.17) is 4.74 Å². The first-order valence-electron chi connectivity index (χ1n) is 10.9. The zero-order valence-corrected chi connectivity index (χ0v) is 19.0. The molecule has 1 amide bonds. The summed E-state index contributed by atoms with van der Waals surface area (Å²) < 4.78 is 45.4. The number of ether oxygens (including phenoxy) is 1.